The highest BCUT2D eigenvalue weighted by atomic mass is 32.2. The highest BCUT2D eigenvalue weighted by Gasteiger charge is 2.18. The number of rotatable bonds is 4. The zero-order valence-corrected chi connectivity index (χ0v) is 14.0. The molecule has 2 aromatic rings. The van der Waals surface area contributed by atoms with Crippen molar-refractivity contribution in [2.75, 3.05) is 39.0 Å². The van der Waals surface area contributed by atoms with Crippen LogP contribution >= 0.6 is 11.8 Å². The number of hydrogen-bond acceptors (Lipinski definition) is 4. The van der Waals surface area contributed by atoms with E-state index < -0.39 is 0 Å². The number of aromatic nitrogens is 2. The van der Waals surface area contributed by atoms with Crippen molar-refractivity contribution in [1.29, 1.82) is 0 Å². The Bertz CT molecular complexity index is 661. The van der Waals surface area contributed by atoms with E-state index in [0.717, 1.165) is 43.3 Å². The lowest BCUT2D eigenvalue weighted by molar-refractivity contribution is -0.129. The van der Waals surface area contributed by atoms with Crippen LogP contribution < -0.4 is 0 Å². The minimum absolute atomic E-state index is 0.248. The third-order valence-corrected chi connectivity index (χ3v) is 4.93. The van der Waals surface area contributed by atoms with Crippen molar-refractivity contribution in [1.82, 2.24) is 19.2 Å². The van der Waals surface area contributed by atoms with E-state index in [9.17, 15) is 4.79 Å². The van der Waals surface area contributed by atoms with Gasteiger partial charge >= 0.3 is 0 Å². The van der Waals surface area contributed by atoms with Crippen molar-refractivity contribution in [3.05, 3.63) is 35.8 Å². The number of aryl methyl sites for hydroxylation is 1. The second-order valence-electron chi connectivity index (χ2n) is 5.88. The summed E-state index contributed by atoms with van der Waals surface area (Å²) in [5.74, 6) is 1.56. The first kappa shape index (κ1) is 15.4. The molecule has 2 aromatic heterocycles. The highest BCUT2D eigenvalue weighted by molar-refractivity contribution is 7.99. The molecular weight excluding hydrogens is 296 g/mol. The van der Waals surface area contributed by atoms with Gasteiger partial charge in [-0.2, -0.15) is 0 Å². The number of piperazine rings is 1. The van der Waals surface area contributed by atoms with Crippen LogP contribution in [0.1, 0.15) is 11.3 Å². The third-order valence-electron chi connectivity index (χ3n) is 3.98. The molecule has 0 radical (unpaired) electrons. The van der Waals surface area contributed by atoms with Gasteiger partial charge in [0.1, 0.15) is 5.65 Å². The normalized spacial score (nSPS) is 16.4. The molecule has 118 valence electrons. The maximum absolute atomic E-state index is 12.2. The number of fused-ring (bicyclic) bond motifs is 1. The Morgan fingerprint density at radius 3 is 2.77 bits per heavy atom. The van der Waals surface area contributed by atoms with Crippen LogP contribution in [0.4, 0.5) is 0 Å². The predicted octanol–water partition coefficient (Wildman–Crippen LogP) is 1.65. The molecule has 1 saturated heterocycles. The fourth-order valence-electron chi connectivity index (χ4n) is 2.62. The molecular formula is C16H22N4OS. The maximum Gasteiger partial charge on any atom is 0.232 e. The Labute approximate surface area is 135 Å². The first-order valence-electron chi connectivity index (χ1n) is 7.60. The zero-order valence-electron chi connectivity index (χ0n) is 13.2. The Kier molecular flexibility index (Phi) is 4.69. The van der Waals surface area contributed by atoms with E-state index >= 15 is 0 Å². The quantitative estimate of drug-likeness (QED) is 0.859. The molecule has 0 spiro atoms. The van der Waals surface area contributed by atoms with Crippen molar-refractivity contribution in [2.24, 2.45) is 0 Å². The van der Waals surface area contributed by atoms with Crippen molar-refractivity contribution >= 4 is 23.3 Å². The van der Waals surface area contributed by atoms with E-state index in [2.05, 4.69) is 42.3 Å². The number of pyridine rings is 1. The molecule has 0 unspecified atom stereocenters. The van der Waals surface area contributed by atoms with Gasteiger partial charge in [0.2, 0.25) is 5.91 Å². The molecule has 22 heavy (non-hydrogen) atoms. The summed E-state index contributed by atoms with van der Waals surface area (Å²) in [4.78, 5) is 21.0. The molecule has 6 heteroatoms. The summed E-state index contributed by atoms with van der Waals surface area (Å²) in [7, 11) is 2.10. The Morgan fingerprint density at radius 2 is 2.00 bits per heavy atom. The molecule has 3 rings (SSSR count). The van der Waals surface area contributed by atoms with Gasteiger partial charge in [-0.15, -0.1) is 11.8 Å². The number of nitrogens with zero attached hydrogens (tertiary/aromatic N) is 4. The largest absolute Gasteiger partial charge is 0.339 e. The fraction of sp³-hybridized carbons (Fsp3) is 0.500. The van der Waals surface area contributed by atoms with E-state index in [1.54, 1.807) is 11.8 Å². The average Bonchev–Trinajstić information content (AvgIpc) is 2.89. The summed E-state index contributed by atoms with van der Waals surface area (Å²) in [6.45, 7) is 5.72. The Hall–Kier alpha value is -1.53. The molecule has 0 atom stereocenters. The lowest BCUT2D eigenvalue weighted by atomic mass is 10.3. The molecule has 0 aliphatic carbocycles. The van der Waals surface area contributed by atoms with E-state index in [1.165, 1.54) is 5.56 Å². The molecule has 1 amide bonds. The van der Waals surface area contributed by atoms with Crippen LogP contribution in [0.2, 0.25) is 0 Å². The molecule has 0 saturated carbocycles. The van der Waals surface area contributed by atoms with Crippen LogP contribution in [0, 0.1) is 6.92 Å². The Morgan fingerprint density at radius 1 is 1.23 bits per heavy atom. The molecule has 3 heterocycles. The van der Waals surface area contributed by atoms with Gasteiger partial charge < -0.3 is 14.2 Å². The van der Waals surface area contributed by atoms with Crippen LogP contribution in [0.3, 0.4) is 0 Å². The predicted molar refractivity (Wildman–Crippen MR) is 90.2 cm³/mol. The van der Waals surface area contributed by atoms with Gasteiger partial charge in [-0.3, -0.25) is 4.79 Å². The van der Waals surface area contributed by atoms with Gasteiger partial charge in [0.25, 0.3) is 0 Å². The molecule has 1 fully saturated rings. The number of likely N-dealkylation sites (N-methyl/N-ethyl adjacent to an activating group) is 1. The smallest absolute Gasteiger partial charge is 0.232 e. The number of imidazole rings is 1. The standard InChI is InChI=1S/C16H22N4OS/c1-13-3-4-15-17-14(10-20(15)9-13)11-22-12-16(21)19-7-5-18(2)6-8-19/h3-4,9-10H,5-8,11-12H2,1-2H3. The van der Waals surface area contributed by atoms with E-state index in [1.807, 2.05) is 15.4 Å². The number of hydrogen-bond donors (Lipinski definition) is 0. The van der Waals surface area contributed by atoms with Gasteiger partial charge in [0.05, 0.1) is 11.4 Å². The molecule has 0 N–H and O–H groups in total. The van der Waals surface area contributed by atoms with Crippen LogP contribution in [0.25, 0.3) is 5.65 Å². The summed E-state index contributed by atoms with van der Waals surface area (Å²) < 4.78 is 2.05. The van der Waals surface area contributed by atoms with Crippen molar-refractivity contribution < 1.29 is 4.79 Å². The minimum atomic E-state index is 0.248. The maximum atomic E-state index is 12.2. The van der Waals surface area contributed by atoms with E-state index in [4.69, 9.17) is 0 Å². The van der Waals surface area contributed by atoms with Crippen molar-refractivity contribution in [3.63, 3.8) is 0 Å². The number of thioether (sulfide) groups is 1. The molecule has 0 bridgehead atoms. The number of amides is 1. The van der Waals surface area contributed by atoms with Crippen molar-refractivity contribution in [3.8, 4) is 0 Å². The lowest BCUT2D eigenvalue weighted by Crippen LogP contribution is -2.47. The molecule has 0 aromatic carbocycles. The van der Waals surface area contributed by atoms with Gasteiger partial charge in [-0.05, 0) is 25.6 Å². The van der Waals surface area contributed by atoms with Gasteiger partial charge in [0.15, 0.2) is 0 Å². The van der Waals surface area contributed by atoms with Gasteiger partial charge in [0, 0.05) is 44.3 Å². The topological polar surface area (TPSA) is 40.9 Å². The van der Waals surface area contributed by atoms with Gasteiger partial charge in [-0.1, -0.05) is 6.07 Å². The second-order valence-corrected chi connectivity index (χ2v) is 6.87. The second kappa shape index (κ2) is 6.71. The third kappa shape index (κ3) is 3.62. The summed E-state index contributed by atoms with van der Waals surface area (Å²) in [5.41, 5.74) is 3.21. The zero-order chi connectivity index (χ0) is 15.5. The summed E-state index contributed by atoms with van der Waals surface area (Å²) in [6.07, 6.45) is 4.13. The first-order chi connectivity index (χ1) is 10.6. The Balaban J connectivity index is 1.50. The van der Waals surface area contributed by atoms with Crippen LogP contribution in [-0.2, 0) is 10.5 Å². The van der Waals surface area contributed by atoms with E-state index in [0.29, 0.717) is 5.75 Å². The summed E-state index contributed by atoms with van der Waals surface area (Å²) in [5, 5.41) is 0. The molecule has 1 aliphatic heterocycles. The van der Waals surface area contributed by atoms with Crippen LogP contribution in [-0.4, -0.2) is 64.1 Å². The minimum Gasteiger partial charge on any atom is -0.339 e. The van der Waals surface area contributed by atoms with Crippen LogP contribution in [0.15, 0.2) is 24.5 Å². The van der Waals surface area contributed by atoms with Crippen molar-refractivity contribution in [2.45, 2.75) is 12.7 Å². The molecule has 1 aliphatic rings. The SMILES string of the molecule is Cc1ccc2nc(CSCC(=O)N3CCN(C)CC3)cn2c1. The summed E-state index contributed by atoms with van der Waals surface area (Å²) >= 11 is 1.65. The average molecular weight is 318 g/mol. The monoisotopic (exact) mass is 318 g/mol. The number of carbonyl (C=O) groups excluding carboxylic acids is 1. The first-order valence-corrected chi connectivity index (χ1v) is 8.75. The fourth-order valence-corrected chi connectivity index (χ4v) is 3.42. The number of carbonyl (C=O) groups is 1. The highest BCUT2D eigenvalue weighted by Crippen LogP contribution is 2.14. The lowest BCUT2D eigenvalue weighted by Gasteiger charge is -2.32. The van der Waals surface area contributed by atoms with E-state index in [-0.39, 0.29) is 5.91 Å². The molecule has 5 nitrogen and oxygen atoms in total. The summed E-state index contributed by atoms with van der Waals surface area (Å²) in [6, 6.07) is 4.09. The van der Waals surface area contributed by atoms with Gasteiger partial charge in [-0.25, -0.2) is 4.98 Å². The van der Waals surface area contributed by atoms with Crippen LogP contribution in [0.5, 0.6) is 0 Å².